The minimum Gasteiger partial charge on any atom is -0.310 e. The molecule has 0 amide bonds. The van der Waals surface area contributed by atoms with Crippen molar-refractivity contribution in [3.05, 3.63) is 34.2 Å². The summed E-state index contributed by atoms with van der Waals surface area (Å²) < 4.78 is 3.43. The van der Waals surface area contributed by atoms with E-state index in [1.807, 2.05) is 14.1 Å². The molecule has 0 saturated heterocycles. The average molecular weight is 289 g/mol. The summed E-state index contributed by atoms with van der Waals surface area (Å²) in [7, 11) is 3.66. The number of rotatable bonds is 6. The van der Waals surface area contributed by atoms with Crippen LogP contribution in [-0.2, 0) is 14.1 Å². The van der Waals surface area contributed by atoms with Gasteiger partial charge < -0.3 is 5.32 Å². The van der Waals surface area contributed by atoms with Crippen molar-refractivity contribution in [1.29, 1.82) is 0 Å². The maximum absolute atomic E-state index is 12.0. The molecular weight excluding hydrogens is 262 g/mol. The van der Waals surface area contributed by atoms with Crippen molar-refractivity contribution in [2.24, 2.45) is 20.0 Å². The number of aryl methyl sites for hydroxylation is 2. The van der Waals surface area contributed by atoms with Gasteiger partial charge in [0.15, 0.2) is 0 Å². The van der Waals surface area contributed by atoms with Crippen LogP contribution in [0.25, 0.3) is 11.0 Å². The predicted molar refractivity (Wildman–Crippen MR) is 88.6 cm³/mol. The Morgan fingerprint density at radius 2 is 1.81 bits per heavy atom. The van der Waals surface area contributed by atoms with Crippen molar-refractivity contribution in [2.75, 3.05) is 6.54 Å². The third kappa shape index (κ3) is 3.05. The fourth-order valence-corrected chi connectivity index (χ4v) is 2.89. The Kier molecular flexibility index (Phi) is 4.88. The lowest BCUT2D eigenvalue weighted by Crippen LogP contribution is -2.23. The normalized spacial score (nSPS) is 14.5. The first-order chi connectivity index (χ1) is 9.99. The van der Waals surface area contributed by atoms with Crippen molar-refractivity contribution in [3.63, 3.8) is 0 Å². The quantitative estimate of drug-likeness (QED) is 0.888. The van der Waals surface area contributed by atoms with Crippen LogP contribution in [0.4, 0.5) is 0 Å². The maximum atomic E-state index is 12.0. The second-order valence-electron chi connectivity index (χ2n) is 6.01. The first-order valence-corrected chi connectivity index (χ1v) is 7.88. The summed E-state index contributed by atoms with van der Waals surface area (Å²) in [5.74, 6) is 0.685. The van der Waals surface area contributed by atoms with Crippen LogP contribution in [0.15, 0.2) is 23.0 Å². The van der Waals surface area contributed by atoms with E-state index in [2.05, 4.69) is 44.3 Å². The molecule has 0 aliphatic rings. The summed E-state index contributed by atoms with van der Waals surface area (Å²) in [6.45, 7) is 7.62. The van der Waals surface area contributed by atoms with Crippen molar-refractivity contribution in [2.45, 2.75) is 39.7 Å². The summed E-state index contributed by atoms with van der Waals surface area (Å²) >= 11 is 0. The first-order valence-electron chi connectivity index (χ1n) is 7.88. The first kappa shape index (κ1) is 15.8. The molecule has 2 aromatic rings. The average Bonchev–Trinajstić information content (AvgIpc) is 2.71. The van der Waals surface area contributed by atoms with Gasteiger partial charge in [-0.05, 0) is 36.6 Å². The molecule has 4 nitrogen and oxygen atoms in total. The van der Waals surface area contributed by atoms with Crippen LogP contribution in [0.2, 0.25) is 0 Å². The molecule has 1 aromatic heterocycles. The number of nitrogens with zero attached hydrogens (tertiary/aromatic N) is 2. The van der Waals surface area contributed by atoms with E-state index in [0.29, 0.717) is 12.0 Å². The molecule has 0 saturated carbocycles. The van der Waals surface area contributed by atoms with Gasteiger partial charge in [0.05, 0.1) is 11.0 Å². The molecule has 1 heterocycles. The van der Waals surface area contributed by atoms with Gasteiger partial charge in [-0.1, -0.05) is 33.3 Å². The maximum Gasteiger partial charge on any atom is 0.328 e. The van der Waals surface area contributed by atoms with Crippen LogP contribution in [0.3, 0.4) is 0 Å². The van der Waals surface area contributed by atoms with Gasteiger partial charge in [-0.25, -0.2) is 4.79 Å². The van der Waals surface area contributed by atoms with Crippen molar-refractivity contribution >= 4 is 11.0 Å². The van der Waals surface area contributed by atoms with E-state index in [4.69, 9.17) is 0 Å². The van der Waals surface area contributed by atoms with Gasteiger partial charge in [0.1, 0.15) is 0 Å². The molecule has 1 aromatic carbocycles. The van der Waals surface area contributed by atoms with Crippen LogP contribution < -0.4 is 11.0 Å². The molecule has 0 bridgehead atoms. The van der Waals surface area contributed by atoms with Gasteiger partial charge in [-0.3, -0.25) is 9.13 Å². The van der Waals surface area contributed by atoms with Gasteiger partial charge in [-0.15, -0.1) is 0 Å². The topological polar surface area (TPSA) is 39.0 Å². The molecule has 116 valence electrons. The number of hydrogen-bond acceptors (Lipinski definition) is 2. The molecule has 21 heavy (non-hydrogen) atoms. The molecule has 0 aliphatic carbocycles. The standard InChI is InChI=1S/C17H27N3O/c1-6-12(3)10-14(18-7-2)13-8-9-15-16(11-13)20(5)17(21)19(15)4/h8-9,11-12,14,18H,6-7,10H2,1-5H3. The van der Waals surface area contributed by atoms with Crippen molar-refractivity contribution < 1.29 is 0 Å². The van der Waals surface area contributed by atoms with E-state index in [1.54, 1.807) is 9.13 Å². The minimum absolute atomic E-state index is 0.0316. The highest BCUT2D eigenvalue weighted by Crippen LogP contribution is 2.25. The molecule has 0 spiro atoms. The Labute approximate surface area is 126 Å². The van der Waals surface area contributed by atoms with E-state index in [9.17, 15) is 4.79 Å². The van der Waals surface area contributed by atoms with Crippen LogP contribution in [0.5, 0.6) is 0 Å². The predicted octanol–water partition coefficient (Wildman–Crippen LogP) is 2.96. The van der Waals surface area contributed by atoms with E-state index in [0.717, 1.165) is 24.0 Å². The molecule has 0 radical (unpaired) electrons. The lowest BCUT2D eigenvalue weighted by Gasteiger charge is -2.22. The lowest BCUT2D eigenvalue weighted by molar-refractivity contribution is 0.408. The Bertz CT molecular complexity index is 668. The summed E-state index contributed by atoms with van der Waals surface area (Å²) in [4.78, 5) is 12.0. The smallest absolute Gasteiger partial charge is 0.310 e. The highest BCUT2D eigenvalue weighted by molar-refractivity contribution is 5.77. The number of imidazole rings is 1. The van der Waals surface area contributed by atoms with Gasteiger partial charge in [0.2, 0.25) is 0 Å². The summed E-state index contributed by atoms with van der Waals surface area (Å²) in [5, 5.41) is 3.58. The molecule has 2 rings (SSSR count). The number of hydrogen-bond donors (Lipinski definition) is 1. The zero-order valence-corrected chi connectivity index (χ0v) is 13.8. The van der Waals surface area contributed by atoms with E-state index in [1.165, 1.54) is 12.0 Å². The van der Waals surface area contributed by atoms with Crippen LogP contribution in [0.1, 0.15) is 45.2 Å². The van der Waals surface area contributed by atoms with Crippen LogP contribution >= 0.6 is 0 Å². The number of aromatic nitrogens is 2. The van der Waals surface area contributed by atoms with Gasteiger partial charge in [0.25, 0.3) is 0 Å². The second kappa shape index (κ2) is 6.48. The van der Waals surface area contributed by atoms with Gasteiger partial charge in [-0.2, -0.15) is 0 Å². The minimum atomic E-state index is 0.0316. The third-order valence-corrected chi connectivity index (χ3v) is 4.48. The monoisotopic (exact) mass is 289 g/mol. The van der Waals surface area contributed by atoms with Crippen molar-refractivity contribution in [3.8, 4) is 0 Å². The molecule has 2 atom stereocenters. The van der Waals surface area contributed by atoms with Gasteiger partial charge >= 0.3 is 5.69 Å². The van der Waals surface area contributed by atoms with Gasteiger partial charge in [0, 0.05) is 20.1 Å². The molecule has 2 unspecified atom stereocenters. The highest BCUT2D eigenvalue weighted by Gasteiger charge is 2.16. The fourth-order valence-electron chi connectivity index (χ4n) is 2.89. The molecule has 4 heteroatoms. The Balaban J connectivity index is 2.44. The third-order valence-electron chi connectivity index (χ3n) is 4.48. The van der Waals surface area contributed by atoms with Crippen LogP contribution in [0, 0.1) is 5.92 Å². The summed E-state index contributed by atoms with van der Waals surface area (Å²) in [6, 6.07) is 6.72. The second-order valence-corrected chi connectivity index (χ2v) is 6.01. The van der Waals surface area contributed by atoms with E-state index in [-0.39, 0.29) is 5.69 Å². The number of nitrogens with one attached hydrogen (secondary N) is 1. The number of benzene rings is 1. The summed E-state index contributed by atoms with van der Waals surface area (Å²) in [5.41, 5.74) is 3.30. The Hall–Kier alpha value is -1.55. The zero-order chi connectivity index (χ0) is 15.6. The summed E-state index contributed by atoms with van der Waals surface area (Å²) in [6.07, 6.45) is 2.31. The fraction of sp³-hybridized carbons (Fsp3) is 0.588. The Morgan fingerprint density at radius 3 is 2.43 bits per heavy atom. The van der Waals surface area contributed by atoms with E-state index >= 15 is 0 Å². The lowest BCUT2D eigenvalue weighted by atomic mass is 9.94. The highest BCUT2D eigenvalue weighted by atomic mass is 16.1. The van der Waals surface area contributed by atoms with Crippen molar-refractivity contribution in [1.82, 2.24) is 14.5 Å². The van der Waals surface area contributed by atoms with Crippen LogP contribution in [-0.4, -0.2) is 15.7 Å². The SMILES string of the molecule is CCNC(CC(C)CC)c1ccc2c(c1)n(C)c(=O)n2C. The van der Waals surface area contributed by atoms with E-state index < -0.39 is 0 Å². The molecule has 1 N–H and O–H groups in total. The molecule has 0 fully saturated rings. The molecule has 0 aliphatic heterocycles. The zero-order valence-electron chi connectivity index (χ0n) is 13.8. The Morgan fingerprint density at radius 1 is 1.14 bits per heavy atom. The molecular formula is C17H27N3O. The largest absolute Gasteiger partial charge is 0.328 e. The number of fused-ring (bicyclic) bond motifs is 1.